The van der Waals surface area contributed by atoms with Crippen LogP contribution in [0.5, 0.6) is 0 Å². The Bertz CT molecular complexity index is 609. The molecule has 1 aliphatic rings. The number of carbonyl (C=O) groups is 1. The van der Waals surface area contributed by atoms with Gasteiger partial charge in [0.2, 0.25) is 0 Å². The summed E-state index contributed by atoms with van der Waals surface area (Å²) in [6.07, 6.45) is 1.84. The molecular weight excluding hydrogens is 280 g/mol. The zero-order valence-electron chi connectivity index (χ0n) is 12.2. The summed E-state index contributed by atoms with van der Waals surface area (Å²) < 4.78 is 0. The predicted molar refractivity (Wildman–Crippen MR) is 86.6 cm³/mol. The molecule has 0 fully saturated rings. The Kier molecular flexibility index (Phi) is 4.25. The summed E-state index contributed by atoms with van der Waals surface area (Å²) in [7, 11) is 0. The number of hydrogen-bond acceptors (Lipinski definition) is 2. The van der Waals surface area contributed by atoms with Gasteiger partial charge < -0.3 is 10.2 Å². The minimum absolute atomic E-state index is 0.0484. The molecule has 1 aromatic heterocycles. The minimum Gasteiger partial charge on any atom is -0.335 e. The van der Waals surface area contributed by atoms with Crippen molar-refractivity contribution in [2.75, 3.05) is 6.54 Å². The van der Waals surface area contributed by atoms with Crippen molar-refractivity contribution in [3.05, 3.63) is 57.8 Å². The average molecular weight is 300 g/mol. The van der Waals surface area contributed by atoms with Gasteiger partial charge in [-0.15, -0.1) is 0 Å². The highest BCUT2D eigenvalue weighted by molar-refractivity contribution is 7.07. The SMILES string of the molecule is CC(Cc1ccsc1)NC(=O)N1CCc2ccccc2C1. The summed E-state index contributed by atoms with van der Waals surface area (Å²) in [4.78, 5) is 14.3. The number of urea groups is 1. The fourth-order valence-corrected chi connectivity index (χ4v) is 3.47. The van der Waals surface area contributed by atoms with E-state index in [1.807, 2.05) is 11.0 Å². The van der Waals surface area contributed by atoms with Gasteiger partial charge in [-0.1, -0.05) is 24.3 Å². The van der Waals surface area contributed by atoms with E-state index in [9.17, 15) is 4.79 Å². The van der Waals surface area contributed by atoms with Crippen molar-refractivity contribution in [1.29, 1.82) is 0 Å². The molecule has 3 rings (SSSR count). The van der Waals surface area contributed by atoms with Crippen molar-refractivity contribution in [3.63, 3.8) is 0 Å². The van der Waals surface area contributed by atoms with E-state index < -0.39 is 0 Å². The van der Waals surface area contributed by atoms with Crippen molar-refractivity contribution >= 4 is 17.4 Å². The van der Waals surface area contributed by atoms with Crippen molar-refractivity contribution in [2.45, 2.75) is 32.4 Å². The van der Waals surface area contributed by atoms with Crippen LogP contribution < -0.4 is 5.32 Å². The predicted octanol–water partition coefficient (Wildman–Crippen LogP) is 3.45. The number of hydrogen-bond donors (Lipinski definition) is 1. The van der Waals surface area contributed by atoms with E-state index in [4.69, 9.17) is 0 Å². The first-order chi connectivity index (χ1) is 10.2. The molecule has 0 spiro atoms. The Hall–Kier alpha value is -1.81. The van der Waals surface area contributed by atoms with E-state index in [0.29, 0.717) is 6.54 Å². The summed E-state index contributed by atoms with van der Waals surface area (Å²) >= 11 is 1.70. The lowest BCUT2D eigenvalue weighted by Gasteiger charge is -2.30. The van der Waals surface area contributed by atoms with Crippen LogP contribution in [-0.2, 0) is 19.4 Å². The fraction of sp³-hybridized carbons (Fsp3) is 0.353. The summed E-state index contributed by atoms with van der Waals surface area (Å²) in [5, 5.41) is 7.32. The van der Waals surface area contributed by atoms with Crippen LogP contribution in [0.1, 0.15) is 23.6 Å². The molecule has 21 heavy (non-hydrogen) atoms. The maximum atomic E-state index is 12.4. The second kappa shape index (κ2) is 6.31. The molecule has 1 unspecified atom stereocenters. The third-order valence-corrected chi connectivity index (χ3v) is 4.64. The number of nitrogens with zero attached hydrogens (tertiary/aromatic N) is 1. The molecule has 2 heterocycles. The molecule has 2 amide bonds. The van der Waals surface area contributed by atoms with Gasteiger partial charge in [0.05, 0.1) is 0 Å². The Morgan fingerprint density at radius 3 is 2.90 bits per heavy atom. The number of thiophene rings is 1. The zero-order valence-corrected chi connectivity index (χ0v) is 13.0. The molecule has 2 aromatic rings. The molecule has 1 aromatic carbocycles. The molecule has 110 valence electrons. The maximum Gasteiger partial charge on any atom is 0.317 e. The Balaban J connectivity index is 1.56. The van der Waals surface area contributed by atoms with Crippen LogP contribution in [-0.4, -0.2) is 23.5 Å². The quantitative estimate of drug-likeness (QED) is 0.925. The molecular formula is C17H20N2OS. The van der Waals surface area contributed by atoms with Gasteiger partial charge in [0.15, 0.2) is 0 Å². The highest BCUT2D eigenvalue weighted by atomic mass is 32.1. The largest absolute Gasteiger partial charge is 0.335 e. The van der Waals surface area contributed by atoms with Crippen LogP contribution >= 0.6 is 11.3 Å². The number of rotatable bonds is 3. The van der Waals surface area contributed by atoms with E-state index in [0.717, 1.165) is 19.4 Å². The van der Waals surface area contributed by atoms with Gasteiger partial charge in [0.25, 0.3) is 0 Å². The molecule has 4 heteroatoms. The summed E-state index contributed by atoms with van der Waals surface area (Å²) in [5.74, 6) is 0. The van der Waals surface area contributed by atoms with Crippen LogP contribution in [0.2, 0.25) is 0 Å². The fourth-order valence-electron chi connectivity index (χ4n) is 2.78. The van der Waals surface area contributed by atoms with Crippen LogP contribution in [0, 0.1) is 0 Å². The lowest BCUT2D eigenvalue weighted by molar-refractivity contribution is 0.189. The second-order valence-electron chi connectivity index (χ2n) is 5.63. The molecule has 1 aliphatic heterocycles. The van der Waals surface area contributed by atoms with Crippen molar-refractivity contribution < 1.29 is 4.79 Å². The van der Waals surface area contributed by atoms with Gasteiger partial charge in [-0.3, -0.25) is 0 Å². The molecule has 0 saturated carbocycles. The minimum atomic E-state index is 0.0484. The van der Waals surface area contributed by atoms with Gasteiger partial charge in [-0.05, 0) is 53.3 Å². The first-order valence-electron chi connectivity index (χ1n) is 7.35. The van der Waals surface area contributed by atoms with E-state index in [1.165, 1.54) is 16.7 Å². The molecule has 1 N–H and O–H groups in total. The standard InChI is InChI=1S/C17H20N2OS/c1-13(10-14-7-9-21-12-14)18-17(20)19-8-6-15-4-2-3-5-16(15)11-19/h2-5,7,9,12-13H,6,8,10-11H2,1H3,(H,18,20). The van der Waals surface area contributed by atoms with Gasteiger partial charge in [-0.2, -0.15) is 11.3 Å². The van der Waals surface area contributed by atoms with Crippen LogP contribution in [0.15, 0.2) is 41.1 Å². The van der Waals surface area contributed by atoms with Gasteiger partial charge in [-0.25, -0.2) is 4.79 Å². The Morgan fingerprint density at radius 2 is 2.14 bits per heavy atom. The highest BCUT2D eigenvalue weighted by Gasteiger charge is 2.21. The molecule has 3 nitrogen and oxygen atoms in total. The number of carbonyl (C=O) groups excluding carboxylic acids is 1. The summed E-state index contributed by atoms with van der Waals surface area (Å²) in [5.41, 5.74) is 3.93. The lowest BCUT2D eigenvalue weighted by atomic mass is 10.0. The Labute approximate surface area is 129 Å². The first-order valence-corrected chi connectivity index (χ1v) is 8.30. The molecule has 0 bridgehead atoms. The number of fused-ring (bicyclic) bond motifs is 1. The zero-order chi connectivity index (χ0) is 14.7. The third-order valence-electron chi connectivity index (χ3n) is 3.91. The van der Waals surface area contributed by atoms with Crippen LogP contribution in [0.3, 0.4) is 0 Å². The van der Waals surface area contributed by atoms with Gasteiger partial charge in [0, 0.05) is 19.1 Å². The Morgan fingerprint density at radius 1 is 1.33 bits per heavy atom. The summed E-state index contributed by atoms with van der Waals surface area (Å²) in [6.45, 7) is 3.58. The van der Waals surface area contributed by atoms with E-state index >= 15 is 0 Å². The number of benzene rings is 1. The number of amides is 2. The summed E-state index contributed by atoms with van der Waals surface area (Å²) in [6, 6.07) is 10.7. The van der Waals surface area contributed by atoms with E-state index in [2.05, 4.69) is 47.3 Å². The monoisotopic (exact) mass is 300 g/mol. The van der Waals surface area contributed by atoms with Crippen molar-refractivity contribution in [3.8, 4) is 0 Å². The van der Waals surface area contributed by atoms with Crippen LogP contribution in [0.4, 0.5) is 4.79 Å². The third kappa shape index (κ3) is 3.45. The van der Waals surface area contributed by atoms with Gasteiger partial charge >= 0.3 is 6.03 Å². The lowest BCUT2D eigenvalue weighted by Crippen LogP contribution is -2.46. The number of nitrogens with one attached hydrogen (secondary N) is 1. The average Bonchev–Trinajstić information content (AvgIpc) is 2.99. The molecule has 0 saturated heterocycles. The smallest absolute Gasteiger partial charge is 0.317 e. The van der Waals surface area contributed by atoms with E-state index in [-0.39, 0.29) is 12.1 Å². The normalized spacial score (nSPS) is 15.4. The van der Waals surface area contributed by atoms with Crippen molar-refractivity contribution in [1.82, 2.24) is 10.2 Å². The highest BCUT2D eigenvalue weighted by Crippen LogP contribution is 2.18. The first kappa shape index (κ1) is 14.1. The maximum absolute atomic E-state index is 12.4. The molecule has 1 atom stereocenters. The van der Waals surface area contributed by atoms with Crippen molar-refractivity contribution in [2.24, 2.45) is 0 Å². The second-order valence-corrected chi connectivity index (χ2v) is 6.41. The van der Waals surface area contributed by atoms with Crippen LogP contribution in [0.25, 0.3) is 0 Å². The molecule has 0 aliphatic carbocycles. The topological polar surface area (TPSA) is 32.3 Å². The van der Waals surface area contributed by atoms with E-state index in [1.54, 1.807) is 11.3 Å². The molecule has 0 radical (unpaired) electrons. The van der Waals surface area contributed by atoms with Gasteiger partial charge in [0.1, 0.15) is 0 Å².